The fourth-order valence-corrected chi connectivity index (χ4v) is 0.539. The smallest absolute Gasteiger partial charge is 0.0353 e. The van der Waals surface area contributed by atoms with Gasteiger partial charge in [0, 0.05) is 0 Å². The molecule has 0 aromatic rings. The van der Waals surface area contributed by atoms with Crippen LogP contribution >= 0.6 is 12.4 Å². The molecule has 0 amide bonds. The average Bonchev–Trinajstić information content (AvgIpc) is 1.69. The van der Waals surface area contributed by atoms with E-state index in [2.05, 4.69) is 13.5 Å². The summed E-state index contributed by atoms with van der Waals surface area (Å²) in [6.45, 7) is 5.84. The average molecular weight is 135 g/mol. The molecule has 0 rings (SSSR count). The quantitative estimate of drug-likeness (QED) is 0.409. The van der Waals surface area contributed by atoms with Gasteiger partial charge in [0.2, 0.25) is 0 Å². The zero-order valence-electron chi connectivity index (χ0n) is 5.52. The van der Waals surface area contributed by atoms with Gasteiger partial charge in [-0.25, -0.2) is 0 Å². The van der Waals surface area contributed by atoms with Crippen molar-refractivity contribution in [2.45, 2.75) is 32.6 Å². The lowest BCUT2D eigenvalue weighted by molar-refractivity contribution is 0.730. The minimum absolute atomic E-state index is 0. The maximum Gasteiger partial charge on any atom is -0.0353 e. The number of halogens is 1. The first-order valence-electron chi connectivity index (χ1n) is 3.02. The van der Waals surface area contributed by atoms with Crippen molar-refractivity contribution in [1.29, 1.82) is 0 Å². The summed E-state index contributed by atoms with van der Waals surface area (Å²) < 4.78 is 0. The molecule has 50 valence electrons. The van der Waals surface area contributed by atoms with E-state index in [0.717, 1.165) is 0 Å². The molecule has 0 aromatic carbocycles. The van der Waals surface area contributed by atoms with Crippen molar-refractivity contribution in [3.63, 3.8) is 0 Å². The van der Waals surface area contributed by atoms with E-state index >= 15 is 0 Å². The van der Waals surface area contributed by atoms with Gasteiger partial charge >= 0.3 is 0 Å². The van der Waals surface area contributed by atoms with Gasteiger partial charge in [0.05, 0.1) is 0 Å². The van der Waals surface area contributed by atoms with Crippen LogP contribution in [0, 0.1) is 0 Å². The lowest BCUT2D eigenvalue weighted by Gasteiger charge is -1.87. The Kier molecular flexibility index (Phi) is 13.8. The zero-order valence-corrected chi connectivity index (χ0v) is 6.34. The Morgan fingerprint density at radius 3 is 2.38 bits per heavy atom. The first-order chi connectivity index (χ1) is 3.41. The van der Waals surface area contributed by atoms with Gasteiger partial charge in [-0.05, 0) is 12.8 Å². The second-order valence-corrected chi connectivity index (χ2v) is 1.78. The van der Waals surface area contributed by atoms with Gasteiger partial charge in [-0.15, -0.1) is 19.0 Å². The maximum absolute atomic E-state index is 3.63. The summed E-state index contributed by atoms with van der Waals surface area (Å²) in [5.74, 6) is 0. The molecule has 0 nitrogen and oxygen atoms in total. The Labute approximate surface area is 58.4 Å². The SMILES string of the molecule is C=CCCCCC.Cl. The molecule has 0 fully saturated rings. The van der Waals surface area contributed by atoms with Crippen LogP contribution in [-0.2, 0) is 0 Å². The number of rotatable bonds is 4. The Hall–Kier alpha value is 0.0300. The first-order valence-corrected chi connectivity index (χ1v) is 3.02. The minimum atomic E-state index is 0. The summed E-state index contributed by atoms with van der Waals surface area (Å²) in [6, 6.07) is 0. The molecule has 0 spiro atoms. The van der Waals surface area contributed by atoms with Crippen molar-refractivity contribution < 1.29 is 0 Å². The molecule has 0 aliphatic carbocycles. The van der Waals surface area contributed by atoms with E-state index in [1.165, 1.54) is 25.7 Å². The van der Waals surface area contributed by atoms with Crippen LogP contribution in [0.2, 0.25) is 0 Å². The van der Waals surface area contributed by atoms with Crippen LogP contribution in [0.5, 0.6) is 0 Å². The predicted octanol–water partition coefficient (Wildman–Crippen LogP) is 3.17. The van der Waals surface area contributed by atoms with Crippen LogP contribution in [0.15, 0.2) is 12.7 Å². The number of hydrogen-bond acceptors (Lipinski definition) is 0. The van der Waals surface area contributed by atoms with E-state index in [9.17, 15) is 0 Å². The largest absolute Gasteiger partial charge is 0.147 e. The molecule has 0 heterocycles. The lowest BCUT2D eigenvalue weighted by Crippen LogP contribution is -1.67. The summed E-state index contributed by atoms with van der Waals surface area (Å²) in [6.07, 6.45) is 7.16. The van der Waals surface area contributed by atoms with Crippen LogP contribution in [-0.4, -0.2) is 0 Å². The van der Waals surface area contributed by atoms with Gasteiger partial charge in [0.15, 0.2) is 0 Å². The van der Waals surface area contributed by atoms with Crippen molar-refractivity contribution in [2.75, 3.05) is 0 Å². The molecule has 0 unspecified atom stereocenters. The second kappa shape index (κ2) is 10.1. The molecular weight excluding hydrogens is 120 g/mol. The van der Waals surface area contributed by atoms with Crippen molar-refractivity contribution in [3.8, 4) is 0 Å². The first kappa shape index (κ1) is 10.9. The molecule has 8 heavy (non-hydrogen) atoms. The minimum Gasteiger partial charge on any atom is -0.147 e. The highest BCUT2D eigenvalue weighted by atomic mass is 35.5. The van der Waals surface area contributed by atoms with Gasteiger partial charge in [-0.3, -0.25) is 0 Å². The van der Waals surface area contributed by atoms with Crippen molar-refractivity contribution in [2.24, 2.45) is 0 Å². The fraction of sp³-hybridized carbons (Fsp3) is 0.714. The van der Waals surface area contributed by atoms with Crippen molar-refractivity contribution in [3.05, 3.63) is 12.7 Å². The van der Waals surface area contributed by atoms with Crippen LogP contribution in [0.25, 0.3) is 0 Å². The topological polar surface area (TPSA) is 0 Å². The van der Waals surface area contributed by atoms with Gasteiger partial charge in [0.1, 0.15) is 0 Å². The molecular formula is C7H15Cl. The van der Waals surface area contributed by atoms with Crippen molar-refractivity contribution in [1.82, 2.24) is 0 Å². The highest BCUT2D eigenvalue weighted by Gasteiger charge is 1.77. The summed E-state index contributed by atoms with van der Waals surface area (Å²) in [7, 11) is 0. The van der Waals surface area contributed by atoms with E-state index in [1.54, 1.807) is 0 Å². The molecule has 0 N–H and O–H groups in total. The lowest BCUT2D eigenvalue weighted by atomic mass is 10.2. The van der Waals surface area contributed by atoms with E-state index in [0.29, 0.717) is 0 Å². The predicted molar refractivity (Wildman–Crippen MR) is 41.6 cm³/mol. The molecule has 0 aliphatic heterocycles. The molecule has 0 atom stereocenters. The third kappa shape index (κ3) is 9.39. The second-order valence-electron chi connectivity index (χ2n) is 1.78. The number of unbranched alkanes of at least 4 members (excludes halogenated alkanes) is 3. The summed E-state index contributed by atoms with van der Waals surface area (Å²) >= 11 is 0. The highest BCUT2D eigenvalue weighted by molar-refractivity contribution is 5.85. The highest BCUT2D eigenvalue weighted by Crippen LogP contribution is 1.97. The summed E-state index contributed by atoms with van der Waals surface area (Å²) in [5.41, 5.74) is 0. The molecule has 0 aliphatic rings. The zero-order chi connectivity index (χ0) is 5.54. The molecule has 0 radical (unpaired) electrons. The maximum atomic E-state index is 3.63. The number of hydrogen-bond donors (Lipinski definition) is 0. The normalized spacial score (nSPS) is 7.62. The molecule has 1 heteroatoms. The fourth-order valence-electron chi connectivity index (χ4n) is 0.539. The van der Waals surface area contributed by atoms with E-state index in [-0.39, 0.29) is 12.4 Å². The van der Waals surface area contributed by atoms with E-state index in [1.807, 2.05) is 6.08 Å². The Bertz CT molecular complexity index is 41.7. The van der Waals surface area contributed by atoms with Gasteiger partial charge in [-0.2, -0.15) is 0 Å². The third-order valence-electron chi connectivity index (χ3n) is 1.01. The standard InChI is InChI=1S/C7H14.ClH/c1-3-5-7-6-4-2;/h3H,1,4-7H2,2H3;1H. The molecule has 0 saturated carbocycles. The molecule has 0 bridgehead atoms. The van der Waals surface area contributed by atoms with E-state index in [4.69, 9.17) is 0 Å². The van der Waals surface area contributed by atoms with Gasteiger partial charge in [-0.1, -0.05) is 25.8 Å². The van der Waals surface area contributed by atoms with E-state index < -0.39 is 0 Å². The summed E-state index contributed by atoms with van der Waals surface area (Å²) in [4.78, 5) is 0. The molecule has 0 saturated heterocycles. The summed E-state index contributed by atoms with van der Waals surface area (Å²) in [5, 5.41) is 0. The van der Waals surface area contributed by atoms with Crippen LogP contribution < -0.4 is 0 Å². The van der Waals surface area contributed by atoms with Gasteiger partial charge in [0.25, 0.3) is 0 Å². The Morgan fingerprint density at radius 2 is 2.00 bits per heavy atom. The Morgan fingerprint density at radius 1 is 1.38 bits per heavy atom. The van der Waals surface area contributed by atoms with Crippen LogP contribution in [0.1, 0.15) is 32.6 Å². The third-order valence-corrected chi connectivity index (χ3v) is 1.01. The number of allylic oxidation sites excluding steroid dienone is 1. The van der Waals surface area contributed by atoms with Crippen LogP contribution in [0.4, 0.5) is 0 Å². The van der Waals surface area contributed by atoms with Gasteiger partial charge < -0.3 is 0 Å². The van der Waals surface area contributed by atoms with Crippen LogP contribution in [0.3, 0.4) is 0 Å². The molecule has 0 aromatic heterocycles. The van der Waals surface area contributed by atoms with Crippen molar-refractivity contribution >= 4 is 12.4 Å². The Balaban J connectivity index is 0. The monoisotopic (exact) mass is 134 g/mol.